The number of hydrogen-bond donors (Lipinski definition) is 1. The SMILES string of the molecule is C/C=C1/C(=S)Oc2cc(C(=O)NCCCN3CCCCC3)ccc2N1C/C(=C/C=C/F)C(C)CC. The molecule has 7 heteroatoms. The second-order valence-corrected chi connectivity index (χ2v) is 9.58. The lowest BCUT2D eigenvalue weighted by molar-refractivity contribution is 0.0951. The number of rotatable bonds is 10. The van der Waals surface area contributed by atoms with Gasteiger partial charge in [-0.25, -0.2) is 4.39 Å². The number of benzene rings is 1. The van der Waals surface area contributed by atoms with Gasteiger partial charge in [0.1, 0.15) is 0 Å². The van der Waals surface area contributed by atoms with Crippen LogP contribution in [0.5, 0.6) is 5.75 Å². The molecule has 2 aliphatic rings. The summed E-state index contributed by atoms with van der Waals surface area (Å²) in [5.74, 6) is 0.725. The average molecular weight is 500 g/mol. The van der Waals surface area contributed by atoms with Gasteiger partial charge in [-0.05, 0) is 100 Å². The highest BCUT2D eigenvalue weighted by Crippen LogP contribution is 2.38. The van der Waals surface area contributed by atoms with Crippen molar-refractivity contribution in [2.45, 2.75) is 52.9 Å². The maximum atomic E-state index is 12.8. The molecule has 2 heterocycles. The van der Waals surface area contributed by atoms with Gasteiger partial charge in [0, 0.05) is 18.7 Å². The van der Waals surface area contributed by atoms with Crippen molar-refractivity contribution in [2.24, 2.45) is 5.92 Å². The first-order valence-corrected chi connectivity index (χ1v) is 13.2. The summed E-state index contributed by atoms with van der Waals surface area (Å²) in [6, 6.07) is 5.49. The number of likely N-dealkylation sites (tertiary alicyclic amines) is 1. The van der Waals surface area contributed by atoms with E-state index in [4.69, 9.17) is 17.0 Å². The Morgan fingerprint density at radius 3 is 2.74 bits per heavy atom. The molecule has 0 aliphatic carbocycles. The van der Waals surface area contributed by atoms with Crippen LogP contribution in [-0.2, 0) is 0 Å². The summed E-state index contributed by atoms with van der Waals surface area (Å²) in [7, 11) is 0. The van der Waals surface area contributed by atoms with Crippen LogP contribution < -0.4 is 15.0 Å². The molecule has 1 atom stereocenters. The van der Waals surface area contributed by atoms with Crippen molar-refractivity contribution < 1.29 is 13.9 Å². The Balaban J connectivity index is 1.72. The summed E-state index contributed by atoms with van der Waals surface area (Å²) < 4.78 is 18.7. The van der Waals surface area contributed by atoms with Crippen LogP contribution in [0, 0.1) is 5.92 Å². The van der Waals surface area contributed by atoms with Crippen molar-refractivity contribution in [3.63, 3.8) is 0 Å². The van der Waals surface area contributed by atoms with E-state index in [1.165, 1.54) is 38.4 Å². The standard InChI is InChI=1S/C28H38FN3O2S/c1-4-21(3)23(11-9-14-29)20-32-24(5-2)28(35)34-26-19-22(12-13-25(26)32)27(33)30-15-10-18-31-16-7-6-8-17-31/h5,9,11-14,19,21H,4,6-8,10,15-18,20H2,1-3H3,(H,30,33)/b14-9+,23-11-,24-5-. The molecular weight excluding hydrogens is 461 g/mol. The third-order valence-electron chi connectivity index (χ3n) is 6.84. The molecule has 0 aromatic heterocycles. The van der Waals surface area contributed by atoms with E-state index in [1.807, 2.05) is 31.2 Å². The lowest BCUT2D eigenvalue weighted by atomic mass is 9.96. The molecule has 0 spiro atoms. The largest absolute Gasteiger partial charge is 0.441 e. The predicted molar refractivity (Wildman–Crippen MR) is 146 cm³/mol. The van der Waals surface area contributed by atoms with Gasteiger partial charge in [-0.2, -0.15) is 0 Å². The van der Waals surface area contributed by atoms with Crippen molar-refractivity contribution in [3.8, 4) is 5.75 Å². The zero-order valence-electron chi connectivity index (χ0n) is 21.2. The third kappa shape index (κ3) is 7.24. The minimum atomic E-state index is -0.113. The lowest BCUT2D eigenvalue weighted by Crippen LogP contribution is -2.36. The average Bonchev–Trinajstić information content (AvgIpc) is 2.88. The molecule has 1 unspecified atom stereocenters. The Bertz CT molecular complexity index is 982. The second-order valence-electron chi connectivity index (χ2n) is 9.21. The maximum absolute atomic E-state index is 12.8. The van der Waals surface area contributed by atoms with E-state index in [0.717, 1.165) is 36.3 Å². The summed E-state index contributed by atoms with van der Waals surface area (Å²) in [4.78, 5) is 17.4. The summed E-state index contributed by atoms with van der Waals surface area (Å²) in [6.07, 6.45) is 11.5. The van der Waals surface area contributed by atoms with E-state index >= 15 is 0 Å². The molecular formula is C28H38FN3O2S. The molecule has 0 radical (unpaired) electrons. The van der Waals surface area contributed by atoms with Crippen molar-refractivity contribution in [1.29, 1.82) is 0 Å². The van der Waals surface area contributed by atoms with Gasteiger partial charge in [-0.3, -0.25) is 4.79 Å². The Morgan fingerprint density at radius 2 is 2.06 bits per heavy atom. The zero-order chi connectivity index (χ0) is 25.2. The first-order chi connectivity index (χ1) is 17.0. The van der Waals surface area contributed by atoms with Gasteiger partial charge < -0.3 is 19.9 Å². The van der Waals surface area contributed by atoms with Gasteiger partial charge in [0.15, 0.2) is 5.75 Å². The van der Waals surface area contributed by atoms with Crippen LogP contribution in [0.4, 0.5) is 10.1 Å². The second kappa shape index (κ2) is 13.5. The van der Waals surface area contributed by atoms with E-state index in [2.05, 4.69) is 29.0 Å². The number of carbonyl (C=O) groups excluding carboxylic acids is 1. The van der Waals surface area contributed by atoms with Gasteiger partial charge >= 0.3 is 0 Å². The number of ether oxygens (including phenoxy) is 1. The van der Waals surface area contributed by atoms with E-state index in [9.17, 15) is 9.18 Å². The molecule has 1 fully saturated rings. The number of carbonyl (C=O) groups is 1. The topological polar surface area (TPSA) is 44.8 Å². The highest BCUT2D eigenvalue weighted by atomic mass is 32.1. The first kappa shape index (κ1) is 27.1. The molecule has 190 valence electrons. The maximum Gasteiger partial charge on any atom is 0.251 e. The van der Waals surface area contributed by atoms with E-state index in [1.54, 1.807) is 6.07 Å². The third-order valence-corrected chi connectivity index (χ3v) is 7.14. The Morgan fingerprint density at radius 1 is 1.29 bits per heavy atom. The Kier molecular flexibility index (Phi) is 10.5. The molecule has 0 bridgehead atoms. The fourth-order valence-corrected chi connectivity index (χ4v) is 4.88. The van der Waals surface area contributed by atoms with Crippen molar-refractivity contribution in [3.05, 3.63) is 59.6 Å². The van der Waals surface area contributed by atoms with Crippen molar-refractivity contribution in [1.82, 2.24) is 10.2 Å². The lowest BCUT2D eigenvalue weighted by Gasteiger charge is -2.35. The fraction of sp³-hybridized carbons (Fsp3) is 0.500. The van der Waals surface area contributed by atoms with Crippen LogP contribution in [0.15, 0.2) is 54.0 Å². The molecule has 2 aliphatic heterocycles. The van der Waals surface area contributed by atoms with Gasteiger partial charge in [0.2, 0.25) is 5.05 Å². The van der Waals surface area contributed by atoms with Crippen LogP contribution in [0.1, 0.15) is 63.2 Å². The predicted octanol–water partition coefficient (Wildman–Crippen LogP) is 6.18. The number of nitrogens with zero attached hydrogens (tertiary/aromatic N) is 2. The zero-order valence-corrected chi connectivity index (χ0v) is 22.0. The number of thiocarbonyl (C=S) groups is 1. The molecule has 3 rings (SSSR count). The van der Waals surface area contributed by atoms with E-state index in [-0.39, 0.29) is 11.8 Å². The van der Waals surface area contributed by atoms with Crippen LogP contribution in [0.25, 0.3) is 0 Å². The van der Waals surface area contributed by atoms with E-state index < -0.39 is 0 Å². The van der Waals surface area contributed by atoms with E-state index in [0.29, 0.717) is 35.8 Å². The van der Waals surface area contributed by atoms with Gasteiger partial charge in [0.05, 0.1) is 17.7 Å². The molecule has 1 aromatic rings. The monoisotopic (exact) mass is 499 g/mol. The smallest absolute Gasteiger partial charge is 0.251 e. The number of hydrogen-bond acceptors (Lipinski definition) is 5. The Hall–Kier alpha value is -2.51. The van der Waals surface area contributed by atoms with Crippen molar-refractivity contribution in [2.75, 3.05) is 37.6 Å². The molecule has 0 saturated carbocycles. The summed E-state index contributed by atoms with van der Waals surface area (Å²) in [6.45, 7) is 10.7. The van der Waals surface area contributed by atoms with Gasteiger partial charge in [-0.15, -0.1) is 0 Å². The quantitative estimate of drug-likeness (QED) is 0.180. The van der Waals surface area contributed by atoms with Crippen LogP contribution in [0.2, 0.25) is 0 Å². The molecule has 1 saturated heterocycles. The van der Waals surface area contributed by atoms with Crippen LogP contribution in [-0.4, -0.2) is 48.6 Å². The number of anilines is 1. The van der Waals surface area contributed by atoms with Crippen LogP contribution in [0.3, 0.4) is 0 Å². The van der Waals surface area contributed by atoms with Crippen LogP contribution >= 0.6 is 12.2 Å². The fourth-order valence-electron chi connectivity index (χ4n) is 4.56. The summed E-state index contributed by atoms with van der Waals surface area (Å²) in [5.41, 5.74) is 3.27. The molecule has 1 aromatic carbocycles. The molecule has 1 amide bonds. The van der Waals surface area contributed by atoms with Gasteiger partial charge in [-0.1, -0.05) is 32.4 Å². The number of piperidine rings is 1. The van der Waals surface area contributed by atoms with Crippen molar-refractivity contribution >= 4 is 28.9 Å². The minimum Gasteiger partial charge on any atom is -0.441 e. The number of amides is 1. The summed E-state index contributed by atoms with van der Waals surface area (Å²) >= 11 is 5.54. The number of halogens is 1. The minimum absolute atomic E-state index is 0.113. The highest BCUT2D eigenvalue weighted by molar-refractivity contribution is 7.80. The normalized spacial score (nSPS) is 19.1. The molecule has 5 nitrogen and oxygen atoms in total. The summed E-state index contributed by atoms with van der Waals surface area (Å²) in [5, 5.41) is 3.40. The van der Waals surface area contributed by atoms with Gasteiger partial charge in [0.25, 0.3) is 5.91 Å². The number of nitrogens with one attached hydrogen (secondary N) is 1. The highest BCUT2D eigenvalue weighted by Gasteiger charge is 2.28. The first-order valence-electron chi connectivity index (χ1n) is 12.7. The number of allylic oxidation sites excluding steroid dienone is 3. The molecule has 1 N–H and O–H groups in total. The number of fused-ring (bicyclic) bond motifs is 1. The Labute approximate surface area is 214 Å². The molecule has 35 heavy (non-hydrogen) atoms.